The van der Waals surface area contributed by atoms with Crippen LogP contribution >= 0.6 is 0 Å². The second-order valence-electron chi connectivity index (χ2n) is 2.55. The lowest BCUT2D eigenvalue weighted by molar-refractivity contribution is -0.137. The summed E-state index contributed by atoms with van der Waals surface area (Å²) >= 11 is 0. The summed E-state index contributed by atoms with van der Waals surface area (Å²) in [4.78, 5) is 31.0. The van der Waals surface area contributed by atoms with E-state index in [2.05, 4.69) is 0 Å². The SMILES string of the molecule is CC(=O)C(CCC(=O)O)NC(=O)O. The number of hydrogen-bond donors (Lipinski definition) is 3. The predicted octanol–water partition coefficient (Wildman–Crippen LogP) is 0.0764. The van der Waals surface area contributed by atoms with Crippen LogP contribution in [0.2, 0.25) is 0 Å². The summed E-state index contributed by atoms with van der Waals surface area (Å²) in [6.07, 6.45) is -1.58. The molecule has 1 atom stereocenters. The average Bonchev–Trinajstić information content (AvgIpc) is 1.96. The smallest absolute Gasteiger partial charge is 0.405 e. The lowest BCUT2D eigenvalue weighted by atomic mass is 10.1. The van der Waals surface area contributed by atoms with Crippen LogP contribution in [0.3, 0.4) is 0 Å². The first-order chi connectivity index (χ1) is 5.93. The molecule has 6 nitrogen and oxygen atoms in total. The number of rotatable bonds is 5. The number of nitrogens with one attached hydrogen (secondary N) is 1. The van der Waals surface area contributed by atoms with Gasteiger partial charge in [0, 0.05) is 6.42 Å². The number of amides is 1. The zero-order valence-electron chi connectivity index (χ0n) is 7.11. The monoisotopic (exact) mass is 189 g/mol. The summed E-state index contributed by atoms with van der Waals surface area (Å²) in [6, 6.07) is -0.923. The molecule has 0 saturated heterocycles. The summed E-state index contributed by atoms with van der Waals surface area (Å²) in [7, 11) is 0. The minimum absolute atomic E-state index is 0.0169. The quantitative estimate of drug-likeness (QED) is 0.568. The predicted molar refractivity (Wildman–Crippen MR) is 42.5 cm³/mol. The summed E-state index contributed by atoms with van der Waals surface area (Å²) in [5.41, 5.74) is 0. The summed E-state index contributed by atoms with van der Waals surface area (Å²) < 4.78 is 0. The Morgan fingerprint density at radius 3 is 2.15 bits per heavy atom. The molecule has 0 rings (SSSR count). The highest BCUT2D eigenvalue weighted by atomic mass is 16.4. The first-order valence-corrected chi connectivity index (χ1v) is 3.65. The van der Waals surface area contributed by atoms with Crippen molar-refractivity contribution in [1.82, 2.24) is 5.32 Å². The highest BCUT2D eigenvalue weighted by Gasteiger charge is 2.17. The number of carboxylic acid groups (broad SMARTS) is 2. The van der Waals surface area contributed by atoms with E-state index in [4.69, 9.17) is 10.2 Å². The molecular weight excluding hydrogens is 178 g/mol. The number of aliphatic carboxylic acids is 1. The topological polar surface area (TPSA) is 104 Å². The van der Waals surface area contributed by atoms with Crippen molar-refractivity contribution >= 4 is 17.8 Å². The molecule has 0 heterocycles. The Balaban J connectivity index is 4.02. The third-order valence-corrected chi connectivity index (χ3v) is 1.44. The van der Waals surface area contributed by atoms with Crippen LogP contribution in [0, 0.1) is 0 Å². The Hall–Kier alpha value is -1.59. The molecule has 0 aliphatic carbocycles. The normalized spacial score (nSPS) is 11.8. The highest BCUT2D eigenvalue weighted by Crippen LogP contribution is 1.98. The maximum Gasteiger partial charge on any atom is 0.405 e. The molecule has 0 aromatic carbocycles. The Labute approximate surface area is 74.6 Å². The molecule has 0 bridgehead atoms. The van der Waals surface area contributed by atoms with Gasteiger partial charge in [-0.1, -0.05) is 0 Å². The molecule has 6 heteroatoms. The van der Waals surface area contributed by atoms with Gasteiger partial charge in [0.15, 0.2) is 5.78 Å². The van der Waals surface area contributed by atoms with Crippen molar-refractivity contribution in [3.63, 3.8) is 0 Å². The molecule has 0 aromatic rings. The molecule has 0 aromatic heterocycles. The van der Waals surface area contributed by atoms with Gasteiger partial charge in [-0.05, 0) is 13.3 Å². The molecule has 0 saturated carbocycles. The van der Waals surface area contributed by atoms with E-state index in [9.17, 15) is 14.4 Å². The van der Waals surface area contributed by atoms with Crippen LogP contribution < -0.4 is 5.32 Å². The number of carbonyl (C=O) groups is 3. The van der Waals surface area contributed by atoms with Crippen LogP contribution in [0.4, 0.5) is 4.79 Å². The largest absolute Gasteiger partial charge is 0.481 e. The van der Waals surface area contributed by atoms with Gasteiger partial charge in [-0.25, -0.2) is 4.79 Å². The van der Waals surface area contributed by atoms with Crippen molar-refractivity contribution in [2.75, 3.05) is 0 Å². The first kappa shape index (κ1) is 11.4. The van der Waals surface area contributed by atoms with Gasteiger partial charge in [0.1, 0.15) is 0 Å². The third kappa shape index (κ3) is 5.66. The van der Waals surface area contributed by atoms with Crippen molar-refractivity contribution in [1.29, 1.82) is 0 Å². The van der Waals surface area contributed by atoms with Gasteiger partial charge in [0.05, 0.1) is 6.04 Å². The molecule has 0 aliphatic heterocycles. The number of Topliss-reactive ketones (excluding diaryl/α,β-unsaturated/α-hetero) is 1. The van der Waals surface area contributed by atoms with Gasteiger partial charge in [0.2, 0.25) is 0 Å². The molecule has 1 unspecified atom stereocenters. The minimum atomic E-state index is -1.33. The van der Waals surface area contributed by atoms with Crippen molar-refractivity contribution in [3.8, 4) is 0 Å². The summed E-state index contributed by atoms with van der Waals surface area (Å²) in [6.45, 7) is 1.21. The maximum absolute atomic E-state index is 10.8. The van der Waals surface area contributed by atoms with E-state index < -0.39 is 18.1 Å². The van der Waals surface area contributed by atoms with Crippen molar-refractivity contribution in [2.45, 2.75) is 25.8 Å². The molecule has 0 spiro atoms. The molecule has 1 amide bonds. The fourth-order valence-electron chi connectivity index (χ4n) is 0.794. The van der Waals surface area contributed by atoms with Crippen LogP contribution in [-0.2, 0) is 9.59 Å². The lowest BCUT2D eigenvalue weighted by Gasteiger charge is -2.11. The van der Waals surface area contributed by atoms with Crippen LogP contribution in [0.5, 0.6) is 0 Å². The van der Waals surface area contributed by atoms with E-state index in [0.29, 0.717) is 0 Å². The Morgan fingerprint density at radius 2 is 1.85 bits per heavy atom. The van der Waals surface area contributed by atoms with E-state index in [-0.39, 0.29) is 18.6 Å². The lowest BCUT2D eigenvalue weighted by Crippen LogP contribution is -2.39. The van der Waals surface area contributed by atoms with E-state index in [0.717, 1.165) is 0 Å². The van der Waals surface area contributed by atoms with E-state index in [1.807, 2.05) is 5.32 Å². The average molecular weight is 189 g/mol. The zero-order chi connectivity index (χ0) is 10.4. The first-order valence-electron chi connectivity index (χ1n) is 3.65. The standard InChI is InChI=1S/C7H11NO5/c1-4(9)5(8-7(12)13)2-3-6(10)11/h5,8H,2-3H2,1H3,(H,10,11)(H,12,13). The number of ketones is 1. The van der Waals surface area contributed by atoms with E-state index >= 15 is 0 Å². The van der Waals surface area contributed by atoms with Crippen molar-refractivity contribution < 1.29 is 24.6 Å². The zero-order valence-corrected chi connectivity index (χ0v) is 7.11. The Morgan fingerprint density at radius 1 is 1.31 bits per heavy atom. The molecule has 0 radical (unpaired) electrons. The second kappa shape index (κ2) is 5.13. The summed E-state index contributed by atoms with van der Waals surface area (Å²) in [5.74, 6) is -1.44. The molecule has 3 N–H and O–H groups in total. The van der Waals surface area contributed by atoms with Crippen molar-refractivity contribution in [3.05, 3.63) is 0 Å². The molecular formula is C7H11NO5. The third-order valence-electron chi connectivity index (χ3n) is 1.44. The van der Waals surface area contributed by atoms with E-state index in [1.54, 1.807) is 0 Å². The van der Waals surface area contributed by atoms with Gasteiger partial charge < -0.3 is 15.5 Å². The van der Waals surface area contributed by atoms with Crippen LogP contribution in [-0.4, -0.2) is 34.1 Å². The van der Waals surface area contributed by atoms with Crippen molar-refractivity contribution in [2.24, 2.45) is 0 Å². The van der Waals surface area contributed by atoms with Crippen LogP contribution in [0.1, 0.15) is 19.8 Å². The van der Waals surface area contributed by atoms with Gasteiger partial charge in [-0.3, -0.25) is 9.59 Å². The second-order valence-corrected chi connectivity index (χ2v) is 2.55. The fraction of sp³-hybridized carbons (Fsp3) is 0.571. The van der Waals surface area contributed by atoms with Crippen LogP contribution in [0.25, 0.3) is 0 Å². The van der Waals surface area contributed by atoms with Gasteiger partial charge in [-0.2, -0.15) is 0 Å². The van der Waals surface area contributed by atoms with Crippen LogP contribution in [0.15, 0.2) is 0 Å². The molecule has 0 aliphatic rings. The van der Waals surface area contributed by atoms with E-state index in [1.165, 1.54) is 6.92 Å². The Kier molecular flexibility index (Phi) is 4.50. The fourth-order valence-corrected chi connectivity index (χ4v) is 0.794. The number of carbonyl (C=O) groups excluding carboxylic acids is 1. The summed E-state index contributed by atoms with van der Waals surface area (Å²) in [5, 5.41) is 18.5. The van der Waals surface area contributed by atoms with Gasteiger partial charge in [-0.15, -0.1) is 0 Å². The molecule has 13 heavy (non-hydrogen) atoms. The van der Waals surface area contributed by atoms with Gasteiger partial charge in [0.25, 0.3) is 0 Å². The molecule has 0 fully saturated rings. The number of hydrogen-bond acceptors (Lipinski definition) is 3. The maximum atomic E-state index is 10.8. The minimum Gasteiger partial charge on any atom is -0.481 e. The van der Waals surface area contributed by atoms with Gasteiger partial charge >= 0.3 is 12.1 Å². The molecule has 74 valence electrons. The Bertz CT molecular complexity index is 225. The highest BCUT2D eigenvalue weighted by molar-refractivity contribution is 5.85. The number of carboxylic acids is 1.